The lowest BCUT2D eigenvalue weighted by molar-refractivity contribution is -0.121. The van der Waals surface area contributed by atoms with Crippen LogP contribution in [0.1, 0.15) is 45.6 Å². The summed E-state index contributed by atoms with van der Waals surface area (Å²) in [6.45, 7) is 12.8. The fourth-order valence-corrected chi connectivity index (χ4v) is 3.23. The minimum absolute atomic E-state index is 0.0677. The molecule has 1 aromatic rings. The van der Waals surface area contributed by atoms with E-state index in [0.29, 0.717) is 39.1 Å². The Kier molecular flexibility index (Phi) is 9.43. The Morgan fingerprint density at radius 2 is 1.77 bits per heavy atom. The Morgan fingerprint density at radius 3 is 2.43 bits per heavy atom. The van der Waals surface area contributed by atoms with Gasteiger partial charge in [0, 0.05) is 39.1 Å². The van der Waals surface area contributed by atoms with E-state index in [1.807, 2.05) is 52.0 Å². The summed E-state index contributed by atoms with van der Waals surface area (Å²) in [5, 5.41) is 2.98. The van der Waals surface area contributed by atoms with Crippen molar-refractivity contribution in [3.8, 4) is 5.75 Å². The number of ether oxygens (including phenoxy) is 2. The van der Waals surface area contributed by atoms with Crippen molar-refractivity contribution in [2.24, 2.45) is 0 Å². The second-order valence-electron chi connectivity index (χ2n) is 8.73. The van der Waals surface area contributed by atoms with Crippen molar-refractivity contribution in [1.29, 1.82) is 0 Å². The van der Waals surface area contributed by atoms with Gasteiger partial charge in [-0.15, -0.1) is 0 Å². The van der Waals surface area contributed by atoms with Crippen LogP contribution in [0, 0.1) is 6.92 Å². The van der Waals surface area contributed by atoms with Crippen LogP contribution in [0.3, 0.4) is 0 Å². The zero-order chi connectivity index (χ0) is 22.0. The second-order valence-corrected chi connectivity index (χ2v) is 8.73. The monoisotopic (exact) mass is 419 g/mol. The molecule has 0 radical (unpaired) electrons. The molecule has 0 saturated carbocycles. The van der Waals surface area contributed by atoms with Crippen LogP contribution in [0.4, 0.5) is 4.79 Å². The Bertz CT molecular complexity index is 679. The molecule has 0 bridgehead atoms. The summed E-state index contributed by atoms with van der Waals surface area (Å²) in [4.78, 5) is 28.1. The Labute approximate surface area is 180 Å². The number of hydrogen-bond donors (Lipinski definition) is 1. The standard InChI is InChI=1S/C23H37N3O4/c1-19-9-5-6-10-20(19)29-18-7-11-21(27)24-12-8-13-25-14-16-26(17-15-25)22(28)30-23(2,3)4/h5-6,9-10H,7-8,11-18H2,1-4H3,(H,24,27). The summed E-state index contributed by atoms with van der Waals surface area (Å²) in [6.07, 6.45) is 1.84. The van der Waals surface area contributed by atoms with E-state index in [2.05, 4.69) is 10.2 Å². The molecule has 0 aromatic heterocycles. The van der Waals surface area contributed by atoms with E-state index in [1.165, 1.54) is 0 Å². The van der Waals surface area contributed by atoms with Crippen LogP contribution in [0.5, 0.6) is 5.75 Å². The molecule has 1 saturated heterocycles. The molecule has 1 aliphatic rings. The molecule has 30 heavy (non-hydrogen) atoms. The van der Waals surface area contributed by atoms with Gasteiger partial charge in [-0.3, -0.25) is 9.69 Å². The third-order valence-corrected chi connectivity index (χ3v) is 4.90. The summed E-state index contributed by atoms with van der Waals surface area (Å²) in [7, 11) is 0. The molecule has 0 unspecified atom stereocenters. The van der Waals surface area contributed by atoms with Crippen LogP contribution < -0.4 is 10.1 Å². The SMILES string of the molecule is Cc1ccccc1OCCCC(=O)NCCCN1CCN(C(=O)OC(C)(C)C)CC1. The number of amides is 2. The fraction of sp³-hybridized carbons (Fsp3) is 0.652. The highest BCUT2D eigenvalue weighted by Gasteiger charge is 2.25. The highest BCUT2D eigenvalue weighted by atomic mass is 16.6. The van der Waals surface area contributed by atoms with Gasteiger partial charge in [0.05, 0.1) is 6.61 Å². The minimum Gasteiger partial charge on any atom is -0.493 e. The number of nitrogens with one attached hydrogen (secondary N) is 1. The van der Waals surface area contributed by atoms with Crippen LogP contribution in [0.15, 0.2) is 24.3 Å². The van der Waals surface area contributed by atoms with Gasteiger partial charge in [0.25, 0.3) is 0 Å². The number of hydrogen-bond acceptors (Lipinski definition) is 5. The summed E-state index contributed by atoms with van der Waals surface area (Å²) >= 11 is 0. The predicted octanol–water partition coefficient (Wildman–Crippen LogP) is 3.21. The quantitative estimate of drug-likeness (QED) is 0.623. The first-order valence-electron chi connectivity index (χ1n) is 10.9. The Morgan fingerprint density at radius 1 is 1.07 bits per heavy atom. The number of rotatable bonds is 9. The third kappa shape index (κ3) is 9.03. The Hall–Kier alpha value is -2.28. The molecule has 2 amide bonds. The smallest absolute Gasteiger partial charge is 0.410 e. The van der Waals surface area contributed by atoms with Gasteiger partial charge >= 0.3 is 6.09 Å². The maximum absolute atomic E-state index is 12.1. The van der Waals surface area contributed by atoms with Gasteiger partial charge < -0.3 is 19.7 Å². The van der Waals surface area contributed by atoms with Gasteiger partial charge in [-0.05, 0) is 58.7 Å². The number of para-hydroxylation sites is 1. The molecule has 2 rings (SSSR count). The van der Waals surface area contributed by atoms with Gasteiger partial charge in [0.15, 0.2) is 0 Å². The van der Waals surface area contributed by atoms with Crippen molar-refractivity contribution in [1.82, 2.24) is 15.1 Å². The third-order valence-electron chi connectivity index (χ3n) is 4.90. The molecule has 1 heterocycles. The molecule has 0 atom stereocenters. The number of carbonyl (C=O) groups is 2. The van der Waals surface area contributed by atoms with E-state index >= 15 is 0 Å². The summed E-state index contributed by atoms with van der Waals surface area (Å²) in [5.74, 6) is 0.947. The van der Waals surface area contributed by atoms with E-state index in [9.17, 15) is 9.59 Å². The van der Waals surface area contributed by atoms with Crippen LogP contribution in [-0.2, 0) is 9.53 Å². The molecule has 1 fully saturated rings. The van der Waals surface area contributed by atoms with E-state index < -0.39 is 5.60 Å². The second kappa shape index (κ2) is 11.8. The van der Waals surface area contributed by atoms with Crippen molar-refractivity contribution in [2.75, 3.05) is 45.9 Å². The predicted molar refractivity (Wildman–Crippen MR) is 118 cm³/mol. The topological polar surface area (TPSA) is 71.1 Å². The highest BCUT2D eigenvalue weighted by molar-refractivity contribution is 5.75. The molecule has 1 N–H and O–H groups in total. The molecule has 0 spiro atoms. The van der Waals surface area contributed by atoms with E-state index in [-0.39, 0.29) is 12.0 Å². The maximum atomic E-state index is 12.1. The summed E-state index contributed by atoms with van der Waals surface area (Å²) in [6, 6.07) is 7.89. The lowest BCUT2D eigenvalue weighted by Gasteiger charge is -2.35. The average molecular weight is 420 g/mol. The first-order chi connectivity index (χ1) is 14.2. The molecule has 7 nitrogen and oxygen atoms in total. The minimum atomic E-state index is -0.459. The van der Waals surface area contributed by atoms with Crippen LogP contribution in [-0.4, -0.2) is 73.3 Å². The number of aryl methyl sites for hydroxylation is 1. The van der Waals surface area contributed by atoms with Gasteiger partial charge in [-0.2, -0.15) is 0 Å². The molecular weight excluding hydrogens is 382 g/mol. The number of piperazine rings is 1. The zero-order valence-electron chi connectivity index (χ0n) is 18.9. The number of carbonyl (C=O) groups excluding carboxylic acids is 2. The van der Waals surface area contributed by atoms with Crippen molar-refractivity contribution in [3.05, 3.63) is 29.8 Å². The molecule has 1 aromatic carbocycles. The zero-order valence-corrected chi connectivity index (χ0v) is 18.9. The number of benzene rings is 1. The van der Waals surface area contributed by atoms with E-state index in [4.69, 9.17) is 9.47 Å². The molecule has 168 valence electrons. The lowest BCUT2D eigenvalue weighted by atomic mass is 10.2. The van der Waals surface area contributed by atoms with Crippen molar-refractivity contribution in [2.45, 2.75) is 52.6 Å². The van der Waals surface area contributed by atoms with Crippen molar-refractivity contribution < 1.29 is 19.1 Å². The van der Waals surface area contributed by atoms with Gasteiger partial charge in [-0.1, -0.05) is 18.2 Å². The van der Waals surface area contributed by atoms with E-state index in [0.717, 1.165) is 37.4 Å². The van der Waals surface area contributed by atoms with Crippen LogP contribution in [0.25, 0.3) is 0 Å². The molecule has 7 heteroatoms. The highest BCUT2D eigenvalue weighted by Crippen LogP contribution is 2.16. The van der Waals surface area contributed by atoms with Crippen molar-refractivity contribution in [3.63, 3.8) is 0 Å². The largest absolute Gasteiger partial charge is 0.493 e. The summed E-state index contributed by atoms with van der Waals surface area (Å²) < 4.78 is 11.1. The average Bonchev–Trinajstić information content (AvgIpc) is 2.69. The lowest BCUT2D eigenvalue weighted by Crippen LogP contribution is -2.50. The van der Waals surface area contributed by atoms with Crippen molar-refractivity contribution >= 4 is 12.0 Å². The van der Waals surface area contributed by atoms with E-state index in [1.54, 1.807) is 4.90 Å². The first kappa shape index (κ1) is 24.0. The normalized spacial score (nSPS) is 15.0. The number of nitrogens with zero attached hydrogens (tertiary/aromatic N) is 2. The fourth-order valence-electron chi connectivity index (χ4n) is 3.23. The van der Waals surface area contributed by atoms with Gasteiger partial charge in [0.1, 0.15) is 11.4 Å². The molecule has 1 aliphatic heterocycles. The van der Waals surface area contributed by atoms with Gasteiger partial charge in [0.2, 0.25) is 5.91 Å². The maximum Gasteiger partial charge on any atom is 0.410 e. The van der Waals surface area contributed by atoms with Gasteiger partial charge in [-0.25, -0.2) is 4.79 Å². The first-order valence-corrected chi connectivity index (χ1v) is 10.9. The van der Waals surface area contributed by atoms with Crippen LogP contribution in [0.2, 0.25) is 0 Å². The molecule has 0 aliphatic carbocycles. The summed E-state index contributed by atoms with van der Waals surface area (Å²) in [5.41, 5.74) is 0.646. The Balaban J connectivity index is 1.50. The van der Waals surface area contributed by atoms with Crippen LogP contribution >= 0.6 is 0 Å². The molecular formula is C23H37N3O4.